The van der Waals surface area contributed by atoms with E-state index in [9.17, 15) is 13.8 Å². The van der Waals surface area contributed by atoms with Crippen LogP contribution >= 0.6 is 0 Å². The molecule has 0 saturated carbocycles. The molecule has 0 aliphatic carbocycles. The number of nitrogens with one attached hydrogen (secondary N) is 1. The monoisotopic (exact) mass is 366 g/mol. The van der Waals surface area contributed by atoms with Gasteiger partial charge in [0.25, 0.3) is 0 Å². The third kappa shape index (κ3) is 7.98. The second-order valence-electron chi connectivity index (χ2n) is 5.90. The van der Waals surface area contributed by atoms with Crippen LogP contribution in [0.4, 0.5) is 4.79 Å². The van der Waals surface area contributed by atoms with Gasteiger partial charge in [-0.2, -0.15) is 0 Å². The molecule has 7 heteroatoms. The molecule has 1 aromatic carbocycles. The topological polar surface area (TPSA) is 84.8 Å². The molecule has 0 aliphatic rings. The van der Waals surface area contributed by atoms with E-state index >= 15 is 0 Å². The first-order valence-corrected chi connectivity index (χ1v) is 9.84. The van der Waals surface area contributed by atoms with Crippen molar-refractivity contribution in [1.29, 1.82) is 0 Å². The lowest BCUT2D eigenvalue weighted by Gasteiger charge is -2.16. The van der Waals surface area contributed by atoms with E-state index < -0.39 is 28.0 Å². The van der Waals surface area contributed by atoms with Crippen molar-refractivity contribution >= 4 is 21.9 Å². The van der Waals surface area contributed by atoms with Crippen molar-refractivity contribution in [2.75, 3.05) is 5.75 Å². The Morgan fingerprint density at radius 1 is 1.28 bits per heavy atom. The zero-order valence-electron chi connectivity index (χ0n) is 15.1. The number of rotatable bonds is 7. The third-order valence-corrected chi connectivity index (χ3v) is 5.43. The number of amides is 2. The number of benzene rings is 1. The van der Waals surface area contributed by atoms with Crippen LogP contribution in [0, 0.1) is 5.92 Å². The maximum Gasteiger partial charge on any atom is 0.443 e. The average Bonchev–Trinajstić information content (AvgIpc) is 2.52. The zero-order valence-corrected chi connectivity index (χ0v) is 15.9. The Kier molecular flexibility index (Phi) is 8.34. The summed E-state index contributed by atoms with van der Waals surface area (Å²) in [6.45, 7) is 6.72. The summed E-state index contributed by atoms with van der Waals surface area (Å²) in [5, 5.41) is 0. The van der Waals surface area contributed by atoms with Crippen molar-refractivity contribution in [1.82, 2.24) is 4.72 Å². The largest absolute Gasteiger partial charge is 0.443 e. The summed E-state index contributed by atoms with van der Waals surface area (Å²) < 4.78 is 24.1. The summed E-state index contributed by atoms with van der Waals surface area (Å²) in [4.78, 5) is 23.4. The summed E-state index contributed by atoms with van der Waals surface area (Å²) in [5.41, 5.74) is 0.804. The van der Waals surface area contributed by atoms with Crippen molar-refractivity contribution in [3.8, 4) is 0 Å². The molecule has 25 heavy (non-hydrogen) atoms. The Hall–Kier alpha value is -2.15. The molecule has 1 N–H and O–H groups in total. The van der Waals surface area contributed by atoms with E-state index in [2.05, 4.69) is 9.08 Å². The molecule has 0 radical (unpaired) electrons. The number of carbonyl (C=O) groups is 2. The van der Waals surface area contributed by atoms with Crippen LogP contribution in [0.5, 0.6) is 0 Å². The van der Waals surface area contributed by atoms with Crippen molar-refractivity contribution in [2.24, 2.45) is 10.3 Å². The first-order valence-electron chi connectivity index (χ1n) is 8.15. The second kappa shape index (κ2) is 9.98. The molecule has 0 unspecified atom stereocenters. The van der Waals surface area contributed by atoms with Crippen molar-refractivity contribution in [3.63, 3.8) is 0 Å². The first kappa shape index (κ1) is 20.9. The minimum absolute atomic E-state index is 0.0151. The molecule has 3 atom stereocenters. The van der Waals surface area contributed by atoms with Gasteiger partial charge in [0.15, 0.2) is 0 Å². The maximum atomic E-state index is 12.9. The van der Waals surface area contributed by atoms with Crippen molar-refractivity contribution in [2.45, 2.75) is 40.2 Å². The lowest BCUT2D eigenvalue weighted by atomic mass is 10.1. The highest BCUT2D eigenvalue weighted by Crippen LogP contribution is 2.17. The SMILES string of the molecule is C/C=C\C[C@H](C)C[S@](=O)(=NC(=O)O[C@@H](C)c1ccccc1)NC(C)=O. The minimum Gasteiger partial charge on any atom is -0.440 e. The molecule has 6 nitrogen and oxygen atoms in total. The van der Waals surface area contributed by atoms with Gasteiger partial charge in [-0.3, -0.25) is 9.52 Å². The van der Waals surface area contributed by atoms with Crippen LogP contribution in [0.15, 0.2) is 46.8 Å². The lowest BCUT2D eigenvalue weighted by molar-refractivity contribution is -0.117. The van der Waals surface area contributed by atoms with Gasteiger partial charge in [-0.05, 0) is 31.7 Å². The van der Waals surface area contributed by atoms with Gasteiger partial charge in [-0.25, -0.2) is 9.00 Å². The van der Waals surface area contributed by atoms with Gasteiger partial charge in [0.05, 0.1) is 5.75 Å². The zero-order chi connectivity index (χ0) is 18.9. The Morgan fingerprint density at radius 3 is 2.48 bits per heavy atom. The number of carbonyl (C=O) groups excluding carboxylic acids is 2. The summed E-state index contributed by atoms with van der Waals surface area (Å²) in [6.07, 6.45) is 3.03. The van der Waals surface area contributed by atoms with Crippen LogP contribution < -0.4 is 4.72 Å². The molecule has 2 amide bonds. The summed E-state index contributed by atoms with van der Waals surface area (Å²) >= 11 is 0. The minimum atomic E-state index is -3.23. The molecule has 0 saturated heterocycles. The standard InChI is InChI=1S/C18H26N2O4S/c1-5-6-10-14(2)13-25(23,19-16(4)21)20-18(22)24-15(3)17-11-8-7-9-12-17/h5-9,11-12,14-15H,10,13H2,1-4H3,(H,19,20,21,22,23)/b6-5-/t14-,15-,25+/m0/s1. The lowest BCUT2D eigenvalue weighted by Crippen LogP contribution is -2.33. The van der Waals surface area contributed by atoms with E-state index in [1.54, 1.807) is 6.92 Å². The van der Waals surface area contributed by atoms with Crippen LogP contribution in [0.25, 0.3) is 0 Å². The van der Waals surface area contributed by atoms with E-state index in [1.165, 1.54) is 6.92 Å². The number of nitrogens with zero attached hydrogens (tertiary/aromatic N) is 1. The highest BCUT2D eigenvalue weighted by molar-refractivity contribution is 7.92. The number of ether oxygens (including phenoxy) is 1. The number of hydrogen-bond donors (Lipinski definition) is 1. The molecule has 0 bridgehead atoms. The Labute approximate surface area is 150 Å². The fourth-order valence-corrected chi connectivity index (χ4v) is 4.08. The number of hydrogen-bond acceptors (Lipinski definition) is 4. The quantitative estimate of drug-likeness (QED) is 0.739. The Bertz CT molecular complexity index is 722. The van der Waals surface area contributed by atoms with Crippen molar-refractivity contribution in [3.05, 3.63) is 48.0 Å². The van der Waals surface area contributed by atoms with E-state index in [1.807, 2.05) is 56.3 Å². The van der Waals surface area contributed by atoms with Gasteiger partial charge in [0, 0.05) is 6.92 Å². The van der Waals surface area contributed by atoms with E-state index in [-0.39, 0.29) is 11.7 Å². The second-order valence-corrected chi connectivity index (χ2v) is 7.90. The molecule has 138 valence electrons. The van der Waals surface area contributed by atoms with Crippen LogP contribution in [-0.4, -0.2) is 22.0 Å². The fraction of sp³-hybridized carbons (Fsp3) is 0.444. The smallest absolute Gasteiger partial charge is 0.440 e. The van der Waals surface area contributed by atoms with E-state index in [0.29, 0.717) is 6.42 Å². The van der Waals surface area contributed by atoms with Gasteiger partial charge >= 0.3 is 6.09 Å². The molecule has 0 spiro atoms. The van der Waals surface area contributed by atoms with Gasteiger partial charge < -0.3 is 4.74 Å². The average molecular weight is 366 g/mol. The van der Waals surface area contributed by atoms with Crippen LogP contribution in [0.3, 0.4) is 0 Å². The molecule has 1 aromatic rings. The van der Waals surface area contributed by atoms with Gasteiger partial charge in [0.2, 0.25) is 5.91 Å². The predicted octanol–water partition coefficient (Wildman–Crippen LogP) is 4.01. The molecule has 0 aliphatic heterocycles. The predicted molar refractivity (Wildman–Crippen MR) is 99.2 cm³/mol. The van der Waals surface area contributed by atoms with E-state index in [4.69, 9.17) is 4.74 Å². The molecular weight excluding hydrogens is 340 g/mol. The van der Waals surface area contributed by atoms with Crippen molar-refractivity contribution < 1.29 is 18.5 Å². The Morgan fingerprint density at radius 2 is 1.92 bits per heavy atom. The molecule has 0 fully saturated rings. The fourth-order valence-electron chi connectivity index (χ4n) is 2.23. The highest BCUT2D eigenvalue weighted by atomic mass is 32.2. The van der Waals surface area contributed by atoms with Crippen LogP contribution in [0.1, 0.15) is 45.8 Å². The van der Waals surface area contributed by atoms with Crippen LogP contribution in [0.2, 0.25) is 0 Å². The normalized spacial score (nSPS) is 15.8. The first-order chi connectivity index (χ1) is 11.8. The van der Waals surface area contributed by atoms with Gasteiger partial charge in [0.1, 0.15) is 16.0 Å². The summed E-state index contributed by atoms with van der Waals surface area (Å²) in [6, 6.07) is 9.17. The molecule has 1 rings (SSSR count). The summed E-state index contributed by atoms with van der Waals surface area (Å²) in [5.74, 6) is -0.444. The van der Waals surface area contributed by atoms with Gasteiger partial charge in [-0.1, -0.05) is 49.4 Å². The maximum absolute atomic E-state index is 12.9. The van der Waals surface area contributed by atoms with Crippen LogP contribution in [-0.2, 0) is 19.4 Å². The Balaban J connectivity index is 2.91. The molecule has 0 heterocycles. The van der Waals surface area contributed by atoms with E-state index in [0.717, 1.165) is 5.56 Å². The van der Waals surface area contributed by atoms with Gasteiger partial charge in [-0.15, -0.1) is 4.36 Å². The third-order valence-electron chi connectivity index (χ3n) is 3.36. The molecular formula is C18H26N2O4S. The number of allylic oxidation sites excluding steroid dienone is 2. The summed E-state index contributed by atoms with van der Waals surface area (Å²) in [7, 11) is -3.23. The molecule has 0 aromatic heterocycles. The highest BCUT2D eigenvalue weighted by Gasteiger charge is 2.19.